The monoisotopic (exact) mass is 283 g/mol. The number of esters is 1. The summed E-state index contributed by atoms with van der Waals surface area (Å²) in [5, 5.41) is 0. The first-order valence-electron chi connectivity index (χ1n) is 5.11. The maximum absolute atomic E-state index is 11.2. The Balaban J connectivity index is 0. The van der Waals surface area contributed by atoms with Gasteiger partial charge in [0.1, 0.15) is 0 Å². The molecule has 0 fully saturated rings. The highest BCUT2D eigenvalue weighted by atomic mass is 32.3. The molecule has 0 saturated carbocycles. The van der Waals surface area contributed by atoms with Crippen molar-refractivity contribution in [3.05, 3.63) is 12.7 Å². The van der Waals surface area contributed by atoms with Crippen LogP contribution in [0.1, 0.15) is 27.2 Å². The molecule has 0 spiro atoms. The summed E-state index contributed by atoms with van der Waals surface area (Å²) in [6.45, 7) is 7.95. The maximum atomic E-state index is 11.2. The average Bonchev–Trinajstić information content (AvgIpc) is 2.14. The summed E-state index contributed by atoms with van der Waals surface area (Å²) in [5.41, 5.74) is -1.00. The van der Waals surface area contributed by atoms with E-state index in [0.29, 0.717) is 0 Å². The molecule has 3 N–H and O–H groups in total. The summed E-state index contributed by atoms with van der Waals surface area (Å²) < 4.78 is 36.4. The summed E-state index contributed by atoms with van der Waals surface area (Å²) >= 11 is 0. The molecular formula is C10H21NO6S. The van der Waals surface area contributed by atoms with Gasteiger partial charge in [0, 0.05) is 12.5 Å². The van der Waals surface area contributed by atoms with Crippen molar-refractivity contribution in [3.63, 3.8) is 0 Å². The lowest BCUT2D eigenvalue weighted by atomic mass is 10.1. The van der Waals surface area contributed by atoms with Crippen molar-refractivity contribution in [3.8, 4) is 0 Å². The number of ether oxygens (including phenoxy) is 1. The quantitative estimate of drug-likeness (QED) is 0.528. The second kappa shape index (κ2) is 8.20. The van der Waals surface area contributed by atoms with Gasteiger partial charge in [-0.15, -0.1) is 0 Å². The van der Waals surface area contributed by atoms with E-state index in [0.717, 1.165) is 6.08 Å². The first kappa shape index (κ1) is 19.4. The number of carbonyl (C=O) groups is 1. The molecule has 8 heteroatoms. The Morgan fingerprint density at radius 1 is 1.39 bits per heavy atom. The molecule has 0 aromatic rings. The predicted octanol–water partition coefficient (Wildman–Crippen LogP) is 1.34. The van der Waals surface area contributed by atoms with Gasteiger partial charge in [-0.25, -0.2) is 13.2 Å². The van der Waals surface area contributed by atoms with Crippen molar-refractivity contribution in [2.24, 2.45) is 0 Å². The molecule has 7 nitrogen and oxygen atoms in total. The third-order valence-electron chi connectivity index (χ3n) is 1.70. The molecule has 0 aromatic carbocycles. The molecule has 0 rings (SSSR count). The molecule has 0 radical (unpaired) electrons. The Morgan fingerprint density at radius 2 is 1.94 bits per heavy atom. The zero-order valence-electron chi connectivity index (χ0n) is 11.0. The third kappa shape index (κ3) is 9.11. The van der Waals surface area contributed by atoms with Crippen molar-refractivity contribution in [1.82, 2.24) is 6.15 Å². The van der Waals surface area contributed by atoms with Crippen LogP contribution in [-0.2, 0) is 28.3 Å². The van der Waals surface area contributed by atoms with Gasteiger partial charge in [-0.1, -0.05) is 6.58 Å². The van der Waals surface area contributed by atoms with Gasteiger partial charge in [0.15, 0.2) is 0 Å². The molecule has 0 unspecified atom stereocenters. The summed E-state index contributed by atoms with van der Waals surface area (Å²) in [4.78, 5) is 10.8. The zero-order valence-corrected chi connectivity index (χ0v) is 11.8. The van der Waals surface area contributed by atoms with Gasteiger partial charge >= 0.3 is 16.4 Å². The van der Waals surface area contributed by atoms with Gasteiger partial charge in [0.05, 0.1) is 18.8 Å². The summed E-state index contributed by atoms with van der Waals surface area (Å²) in [5.74, 6) is -0.562. The average molecular weight is 283 g/mol. The molecule has 0 aliphatic carbocycles. The number of hydrogen-bond donors (Lipinski definition) is 1. The van der Waals surface area contributed by atoms with E-state index in [1.807, 2.05) is 0 Å². The molecule has 0 bridgehead atoms. The SMILES string of the molecule is C=CC(=O)OCCC(C)(C)OS(=O)(=O)OCC.N. The van der Waals surface area contributed by atoms with Gasteiger partial charge in [-0.3, -0.25) is 0 Å². The minimum atomic E-state index is -4.01. The second-order valence-corrected chi connectivity index (χ2v) is 5.00. The van der Waals surface area contributed by atoms with E-state index in [2.05, 4.69) is 10.8 Å². The highest BCUT2D eigenvalue weighted by Gasteiger charge is 2.27. The molecule has 0 heterocycles. The van der Waals surface area contributed by atoms with Gasteiger partial charge in [0.25, 0.3) is 0 Å². The van der Waals surface area contributed by atoms with Crippen molar-refractivity contribution in [2.75, 3.05) is 13.2 Å². The molecule has 0 aliphatic rings. The molecule has 0 atom stereocenters. The Morgan fingerprint density at radius 3 is 2.39 bits per heavy atom. The number of rotatable bonds is 8. The molecule has 0 saturated heterocycles. The summed E-state index contributed by atoms with van der Waals surface area (Å²) in [7, 11) is -4.01. The molecular weight excluding hydrogens is 262 g/mol. The van der Waals surface area contributed by atoms with E-state index in [1.54, 1.807) is 20.8 Å². The van der Waals surface area contributed by atoms with Crippen LogP contribution in [-0.4, -0.2) is 33.2 Å². The fourth-order valence-corrected chi connectivity index (χ4v) is 1.92. The van der Waals surface area contributed by atoms with Gasteiger partial charge in [0.2, 0.25) is 0 Å². The minimum absolute atomic E-state index is 0. The van der Waals surface area contributed by atoms with Gasteiger partial charge in [-0.05, 0) is 20.8 Å². The summed E-state index contributed by atoms with van der Waals surface area (Å²) in [6.07, 6.45) is 1.25. The van der Waals surface area contributed by atoms with E-state index >= 15 is 0 Å². The first-order valence-corrected chi connectivity index (χ1v) is 6.45. The largest absolute Gasteiger partial charge is 0.462 e. The van der Waals surface area contributed by atoms with Crippen molar-refractivity contribution in [1.29, 1.82) is 0 Å². The highest BCUT2D eigenvalue weighted by Crippen LogP contribution is 2.18. The van der Waals surface area contributed by atoms with E-state index in [4.69, 9.17) is 8.92 Å². The van der Waals surface area contributed by atoms with E-state index in [-0.39, 0.29) is 25.8 Å². The normalized spacial score (nSPS) is 11.5. The smallest absolute Gasteiger partial charge is 0.400 e. The topological polar surface area (TPSA) is 114 Å². The Kier molecular flexibility index (Phi) is 8.83. The van der Waals surface area contributed by atoms with Crippen LogP contribution >= 0.6 is 0 Å². The minimum Gasteiger partial charge on any atom is -0.462 e. The molecule has 0 aromatic heterocycles. The summed E-state index contributed by atoms with van der Waals surface area (Å²) in [6, 6.07) is 0. The van der Waals surface area contributed by atoms with Crippen molar-refractivity contribution in [2.45, 2.75) is 32.8 Å². The fraction of sp³-hybridized carbons (Fsp3) is 0.700. The van der Waals surface area contributed by atoms with Crippen LogP contribution in [0.5, 0.6) is 0 Å². The first-order chi connectivity index (χ1) is 7.72. The van der Waals surface area contributed by atoms with Gasteiger partial charge < -0.3 is 10.9 Å². The van der Waals surface area contributed by atoms with E-state index < -0.39 is 22.0 Å². The lowest BCUT2D eigenvalue weighted by molar-refractivity contribution is -0.138. The molecule has 0 amide bonds. The van der Waals surface area contributed by atoms with Crippen LogP contribution in [0.4, 0.5) is 0 Å². The Labute approximate surface area is 108 Å². The third-order valence-corrected chi connectivity index (χ3v) is 2.88. The van der Waals surface area contributed by atoms with Crippen LogP contribution in [0.15, 0.2) is 12.7 Å². The molecule has 0 aliphatic heterocycles. The lowest BCUT2D eigenvalue weighted by Gasteiger charge is -2.23. The lowest BCUT2D eigenvalue weighted by Crippen LogP contribution is -2.30. The second-order valence-electron chi connectivity index (χ2n) is 3.78. The maximum Gasteiger partial charge on any atom is 0.400 e. The molecule has 108 valence electrons. The fourth-order valence-electron chi connectivity index (χ4n) is 0.943. The van der Waals surface area contributed by atoms with Crippen LogP contribution in [0, 0.1) is 0 Å². The Bertz CT molecular complexity index is 363. The van der Waals surface area contributed by atoms with Crippen molar-refractivity contribution >= 4 is 16.4 Å². The number of hydrogen-bond acceptors (Lipinski definition) is 7. The van der Waals surface area contributed by atoms with Crippen LogP contribution in [0.25, 0.3) is 0 Å². The highest BCUT2D eigenvalue weighted by molar-refractivity contribution is 7.81. The van der Waals surface area contributed by atoms with Crippen LogP contribution in [0.3, 0.4) is 0 Å². The van der Waals surface area contributed by atoms with E-state index in [1.165, 1.54) is 0 Å². The van der Waals surface area contributed by atoms with Crippen LogP contribution in [0.2, 0.25) is 0 Å². The molecule has 18 heavy (non-hydrogen) atoms. The standard InChI is InChI=1S/C10H18O6S.H3N/c1-5-9(11)14-8-7-10(3,4)16-17(12,13)15-6-2;/h5H,1,6-8H2,2-4H3;1H3. The van der Waals surface area contributed by atoms with E-state index in [9.17, 15) is 13.2 Å². The predicted molar refractivity (Wildman–Crippen MR) is 66.5 cm³/mol. The number of carbonyl (C=O) groups excluding carboxylic acids is 1. The zero-order chi connectivity index (χ0) is 13.5. The van der Waals surface area contributed by atoms with Crippen molar-refractivity contribution < 1.29 is 26.3 Å². The van der Waals surface area contributed by atoms with Crippen LogP contribution < -0.4 is 6.15 Å². The van der Waals surface area contributed by atoms with Gasteiger partial charge in [-0.2, -0.15) is 8.42 Å². The Hall–Kier alpha value is -0.960.